The normalized spacial score (nSPS) is 13.6. The summed E-state index contributed by atoms with van der Waals surface area (Å²) in [7, 11) is 1.61. The number of nitrogens with one attached hydrogen (secondary N) is 1. The number of nitrogens with zero attached hydrogens (tertiary/aromatic N) is 2. The molecule has 0 unspecified atom stereocenters. The molecule has 1 aliphatic rings. The van der Waals surface area contributed by atoms with E-state index in [2.05, 4.69) is 10.3 Å². The lowest BCUT2D eigenvalue weighted by atomic mass is 10.0. The smallest absolute Gasteiger partial charge is 0.244 e. The van der Waals surface area contributed by atoms with Crippen molar-refractivity contribution in [1.82, 2.24) is 9.55 Å². The molecule has 1 aromatic heterocycles. The third kappa shape index (κ3) is 3.07. The molecule has 1 aliphatic carbocycles. The maximum atomic E-state index is 12.2. The van der Waals surface area contributed by atoms with Gasteiger partial charge in [-0.15, -0.1) is 0 Å². The highest BCUT2D eigenvalue weighted by molar-refractivity contribution is 5.90. The molecule has 1 N–H and O–H groups in total. The number of hydrogen-bond acceptors (Lipinski definition) is 3. The monoisotopic (exact) mass is 285 g/mol. The molecule has 1 aromatic carbocycles. The predicted octanol–water partition coefficient (Wildman–Crippen LogP) is 2.41. The fourth-order valence-electron chi connectivity index (χ4n) is 2.72. The van der Waals surface area contributed by atoms with Gasteiger partial charge < -0.3 is 14.6 Å². The van der Waals surface area contributed by atoms with Crippen LogP contribution in [-0.2, 0) is 24.2 Å². The standard InChI is InChI=1S/C16H19N3O2/c1-21-13-6-4-5-12(9-13)18-16(20)10-19-11-17-14-7-2-3-8-15(14)19/h4-6,9,11H,2-3,7-8,10H2,1H3,(H,18,20). The molecular weight excluding hydrogens is 266 g/mol. The summed E-state index contributed by atoms with van der Waals surface area (Å²) >= 11 is 0. The van der Waals surface area contributed by atoms with Gasteiger partial charge >= 0.3 is 0 Å². The number of rotatable bonds is 4. The van der Waals surface area contributed by atoms with Crippen molar-refractivity contribution in [3.63, 3.8) is 0 Å². The van der Waals surface area contributed by atoms with Crippen molar-refractivity contribution < 1.29 is 9.53 Å². The number of aryl methyl sites for hydroxylation is 1. The average Bonchev–Trinajstić information content (AvgIpc) is 2.91. The van der Waals surface area contributed by atoms with Crippen LogP contribution in [0.1, 0.15) is 24.2 Å². The van der Waals surface area contributed by atoms with Crippen molar-refractivity contribution in [2.24, 2.45) is 0 Å². The minimum absolute atomic E-state index is 0.0472. The highest BCUT2D eigenvalue weighted by atomic mass is 16.5. The Hall–Kier alpha value is -2.30. The number of fused-ring (bicyclic) bond motifs is 1. The molecule has 0 aliphatic heterocycles. The summed E-state index contributed by atoms with van der Waals surface area (Å²) in [4.78, 5) is 16.6. The Bertz CT molecular complexity index is 649. The number of ether oxygens (including phenoxy) is 1. The first-order chi connectivity index (χ1) is 10.3. The Morgan fingerprint density at radius 1 is 1.38 bits per heavy atom. The van der Waals surface area contributed by atoms with E-state index >= 15 is 0 Å². The first-order valence-electron chi connectivity index (χ1n) is 7.23. The molecule has 2 aromatic rings. The lowest BCUT2D eigenvalue weighted by molar-refractivity contribution is -0.116. The van der Waals surface area contributed by atoms with Gasteiger partial charge in [0.1, 0.15) is 12.3 Å². The molecule has 110 valence electrons. The molecule has 0 bridgehead atoms. The molecule has 5 heteroatoms. The van der Waals surface area contributed by atoms with Crippen molar-refractivity contribution in [3.05, 3.63) is 42.0 Å². The van der Waals surface area contributed by atoms with Gasteiger partial charge in [0.15, 0.2) is 0 Å². The molecule has 0 radical (unpaired) electrons. The molecule has 3 rings (SSSR count). The fourth-order valence-corrected chi connectivity index (χ4v) is 2.72. The number of benzene rings is 1. The van der Waals surface area contributed by atoms with Crippen LogP contribution in [0.25, 0.3) is 0 Å². The van der Waals surface area contributed by atoms with Gasteiger partial charge in [0.25, 0.3) is 0 Å². The van der Waals surface area contributed by atoms with Gasteiger partial charge in [-0.3, -0.25) is 4.79 Å². The number of carbonyl (C=O) groups excluding carboxylic acids is 1. The molecule has 21 heavy (non-hydrogen) atoms. The summed E-state index contributed by atoms with van der Waals surface area (Å²) in [5, 5.41) is 2.89. The van der Waals surface area contributed by atoms with Gasteiger partial charge in [-0.05, 0) is 37.8 Å². The number of aromatic nitrogens is 2. The van der Waals surface area contributed by atoms with Crippen molar-refractivity contribution >= 4 is 11.6 Å². The lowest BCUT2D eigenvalue weighted by Gasteiger charge is -2.14. The molecule has 1 heterocycles. The van der Waals surface area contributed by atoms with Crippen LogP contribution < -0.4 is 10.1 Å². The van der Waals surface area contributed by atoms with Crippen molar-refractivity contribution in [2.75, 3.05) is 12.4 Å². The summed E-state index contributed by atoms with van der Waals surface area (Å²) in [6, 6.07) is 7.36. The minimum atomic E-state index is -0.0472. The van der Waals surface area contributed by atoms with Crippen molar-refractivity contribution in [1.29, 1.82) is 0 Å². The van der Waals surface area contributed by atoms with E-state index in [0.29, 0.717) is 6.54 Å². The summed E-state index contributed by atoms with van der Waals surface area (Å²) < 4.78 is 7.11. The van der Waals surface area contributed by atoms with E-state index in [9.17, 15) is 4.79 Å². The van der Waals surface area contributed by atoms with E-state index < -0.39 is 0 Å². The molecule has 1 amide bonds. The van der Waals surface area contributed by atoms with Crippen LogP contribution in [0.4, 0.5) is 5.69 Å². The molecule has 0 saturated carbocycles. The number of amides is 1. The maximum absolute atomic E-state index is 12.2. The van der Waals surface area contributed by atoms with Crippen molar-refractivity contribution in [2.45, 2.75) is 32.2 Å². The first-order valence-corrected chi connectivity index (χ1v) is 7.23. The van der Waals surface area contributed by atoms with E-state index in [1.807, 2.05) is 22.8 Å². The largest absolute Gasteiger partial charge is 0.497 e. The highest BCUT2D eigenvalue weighted by Crippen LogP contribution is 2.20. The van der Waals surface area contributed by atoms with E-state index in [-0.39, 0.29) is 5.91 Å². The Morgan fingerprint density at radius 2 is 2.24 bits per heavy atom. The zero-order valence-corrected chi connectivity index (χ0v) is 12.1. The average molecular weight is 285 g/mol. The van der Waals surface area contributed by atoms with E-state index in [1.54, 1.807) is 19.5 Å². The molecule has 0 fully saturated rings. The van der Waals surface area contributed by atoms with Gasteiger partial charge in [0.2, 0.25) is 5.91 Å². The van der Waals surface area contributed by atoms with Crippen LogP contribution in [-0.4, -0.2) is 22.6 Å². The Kier molecular flexibility index (Phi) is 3.90. The first kappa shape index (κ1) is 13.7. The summed E-state index contributed by atoms with van der Waals surface area (Å²) in [6.45, 7) is 0.305. The molecule has 5 nitrogen and oxygen atoms in total. The van der Waals surface area contributed by atoms with Gasteiger partial charge in [-0.25, -0.2) is 4.98 Å². The molecule has 0 atom stereocenters. The van der Waals surface area contributed by atoms with Crippen LogP contribution >= 0.6 is 0 Å². The fraction of sp³-hybridized carbons (Fsp3) is 0.375. The lowest BCUT2D eigenvalue weighted by Crippen LogP contribution is -2.20. The number of methoxy groups -OCH3 is 1. The molecule has 0 spiro atoms. The zero-order chi connectivity index (χ0) is 14.7. The van der Waals surface area contributed by atoms with Crippen LogP contribution in [0, 0.1) is 0 Å². The second-order valence-corrected chi connectivity index (χ2v) is 5.25. The number of imidazole rings is 1. The zero-order valence-electron chi connectivity index (χ0n) is 12.1. The van der Waals surface area contributed by atoms with E-state index in [1.165, 1.54) is 18.5 Å². The van der Waals surface area contributed by atoms with Gasteiger partial charge in [0, 0.05) is 17.4 Å². The summed E-state index contributed by atoms with van der Waals surface area (Å²) in [6.07, 6.45) is 6.19. The second-order valence-electron chi connectivity index (χ2n) is 5.25. The molecular formula is C16H19N3O2. The SMILES string of the molecule is COc1cccc(NC(=O)Cn2cnc3c2CCCC3)c1. The Morgan fingerprint density at radius 3 is 3.10 bits per heavy atom. The number of hydrogen-bond donors (Lipinski definition) is 1. The van der Waals surface area contributed by atoms with Crippen LogP contribution in [0.3, 0.4) is 0 Å². The van der Waals surface area contributed by atoms with E-state index in [4.69, 9.17) is 4.74 Å². The van der Waals surface area contributed by atoms with Crippen LogP contribution in [0.15, 0.2) is 30.6 Å². The second kappa shape index (κ2) is 5.99. The predicted molar refractivity (Wildman–Crippen MR) is 80.5 cm³/mol. The van der Waals surface area contributed by atoms with Gasteiger partial charge in [-0.1, -0.05) is 6.07 Å². The van der Waals surface area contributed by atoms with Crippen LogP contribution in [0.5, 0.6) is 5.75 Å². The topological polar surface area (TPSA) is 56.1 Å². The Balaban J connectivity index is 1.67. The maximum Gasteiger partial charge on any atom is 0.244 e. The van der Waals surface area contributed by atoms with Crippen molar-refractivity contribution in [3.8, 4) is 5.75 Å². The van der Waals surface area contributed by atoms with Crippen LogP contribution in [0.2, 0.25) is 0 Å². The third-order valence-corrected chi connectivity index (χ3v) is 3.78. The van der Waals surface area contributed by atoms with Gasteiger partial charge in [-0.2, -0.15) is 0 Å². The number of anilines is 1. The Labute approximate surface area is 124 Å². The third-order valence-electron chi connectivity index (χ3n) is 3.78. The number of carbonyl (C=O) groups is 1. The summed E-state index contributed by atoms with van der Waals surface area (Å²) in [5.74, 6) is 0.682. The summed E-state index contributed by atoms with van der Waals surface area (Å²) in [5.41, 5.74) is 3.10. The van der Waals surface area contributed by atoms with E-state index in [0.717, 1.165) is 30.0 Å². The quantitative estimate of drug-likeness (QED) is 0.938. The molecule has 0 saturated heterocycles. The van der Waals surface area contributed by atoms with Gasteiger partial charge in [0.05, 0.1) is 19.1 Å². The highest BCUT2D eigenvalue weighted by Gasteiger charge is 2.16. The minimum Gasteiger partial charge on any atom is -0.497 e.